The fraction of sp³-hybridized carbons (Fsp3) is 0.516. The van der Waals surface area contributed by atoms with Gasteiger partial charge in [-0.15, -0.1) is 0 Å². The number of Topliss-reactive ketones (excluding diaryl/α,β-unsaturated/α-hetero) is 1. The summed E-state index contributed by atoms with van der Waals surface area (Å²) in [6.07, 6.45) is 1.30. The fourth-order valence-corrected chi connectivity index (χ4v) is 11.7. The molecule has 1 aliphatic heterocycles. The van der Waals surface area contributed by atoms with Crippen molar-refractivity contribution in [2.45, 2.75) is 187 Å². The number of hydrogen-bond donors (Lipinski definition) is 6. The molecule has 18 nitrogen and oxygen atoms in total. The van der Waals surface area contributed by atoms with Crippen LogP contribution < -0.4 is 36.9 Å². The van der Waals surface area contributed by atoms with E-state index >= 15 is 4.79 Å². The molecule has 3 amide bonds. The third kappa shape index (κ3) is 18.7. The number of nitrogens with zero attached hydrogens (tertiary/aromatic N) is 1. The number of ketones is 1. The van der Waals surface area contributed by atoms with Crippen LogP contribution in [0, 0.1) is 33.6 Å². The zero-order valence-electron chi connectivity index (χ0n) is 49.8. The summed E-state index contributed by atoms with van der Waals surface area (Å²) in [5, 5.41) is 8.60. The molecule has 448 valence electrons. The van der Waals surface area contributed by atoms with Gasteiger partial charge in [-0.1, -0.05) is 90.0 Å². The van der Waals surface area contributed by atoms with Crippen molar-refractivity contribution >= 4 is 57.4 Å². The summed E-state index contributed by atoms with van der Waals surface area (Å²) in [4.78, 5) is 73.3. The molecule has 5 rings (SSSR count). The molecule has 1 heterocycles. The van der Waals surface area contributed by atoms with E-state index in [2.05, 4.69) is 25.7 Å². The Hall–Kier alpha value is -6.70. The molecular weight excluding hydrogens is 1090 g/mol. The number of alkyl carbamates (subject to hydrolysis) is 2. The summed E-state index contributed by atoms with van der Waals surface area (Å²) in [5.41, 5.74) is 14.6. The summed E-state index contributed by atoms with van der Waals surface area (Å²) in [7, 11) is -4.26. The summed E-state index contributed by atoms with van der Waals surface area (Å²) < 4.78 is 54.4. The van der Waals surface area contributed by atoms with Gasteiger partial charge in [0.1, 0.15) is 22.6 Å². The lowest BCUT2D eigenvalue weighted by molar-refractivity contribution is -0.160. The summed E-state index contributed by atoms with van der Waals surface area (Å²) in [5.74, 6) is -2.85. The molecule has 0 radical (unpaired) electrons. The van der Waals surface area contributed by atoms with Crippen LogP contribution in [0.5, 0.6) is 5.75 Å². The number of nitrogens with one attached hydrogen (secondary N) is 4. The molecule has 8 N–H and O–H groups in total. The monoisotopic (exact) mass is 1170 g/mol. The molecule has 0 bridgehead atoms. The zero-order valence-corrected chi connectivity index (χ0v) is 51.4. The highest BCUT2D eigenvalue weighted by atomic mass is 35.5. The number of amides is 3. The highest BCUT2D eigenvalue weighted by Gasteiger charge is 2.44. The van der Waals surface area contributed by atoms with Gasteiger partial charge in [0.2, 0.25) is 11.9 Å². The molecule has 20 heteroatoms. The van der Waals surface area contributed by atoms with E-state index in [0.29, 0.717) is 77.2 Å². The molecule has 1 aliphatic rings. The number of aliphatic imine (C=N–C) groups is 1. The fourth-order valence-electron chi connectivity index (χ4n) is 9.90. The number of carbonyl (C=O) groups excluding carboxylic acids is 5. The van der Waals surface area contributed by atoms with Crippen LogP contribution in [0.3, 0.4) is 0 Å². The number of aryl methyl sites for hydroxylation is 1. The first-order chi connectivity index (χ1) is 38.3. The van der Waals surface area contributed by atoms with Crippen molar-refractivity contribution in [2.24, 2.45) is 22.4 Å². The van der Waals surface area contributed by atoms with E-state index in [9.17, 15) is 27.6 Å². The Kier molecular flexibility index (Phi) is 23.0. The first-order valence-corrected chi connectivity index (χ1v) is 30.0. The molecular formula is C62H86ClN7O11S. The predicted molar refractivity (Wildman–Crippen MR) is 319 cm³/mol. The minimum Gasteiger partial charge on any atom is -0.487 e. The van der Waals surface area contributed by atoms with E-state index in [4.69, 9.17) is 42.0 Å². The largest absolute Gasteiger partial charge is 0.487 e. The smallest absolute Gasteiger partial charge is 0.407 e. The van der Waals surface area contributed by atoms with Crippen LogP contribution in [0.25, 0.3) is 0 Å². The number of benzene rings is 4. The van der Waals surface area contributed by atoms with E-state index in [0.717, 1.165) is 16.7 Å². The van der Waals surface area contributed by atoms with Crippen molar-refractivity contribution in [1.29, 1.82) is 0 Å². The average molecular weight is 1170 g/mol. The quantitative estimate of drug-likeness (QED) is 0.00854. The number of sulfonamides is 1. The Labute approximate surface area is 490 Å². The second-order valence-corrected chi connectivity index (χ2v) is 25.8. The minimum atomic E-state index is -4.26. The highest BCUT2D eigenvalue weighted by Crippen LogP contribution is 2.46. The highest BCUT2D eigenvalue weighted by molar-refractivity contribution is 7.90. The van der Waals surface area contributed by atoms with Crippen molar-refractivity contribution in [3.05, 3.63) is 128 Å². The van der Waals surface area contributed by atoms with Crippen LogP contribution in [0.2, 0.25) is 5.02 Å². The van der Waals surface area contributed by atoms with Gasteiger partial charge < -0.3 is 46.4 Å². The van der Waals surface area contributed by atoms with Gasteiger partial charge in [0.05, 0.1) is 22.9 Å². The van der Waals surface area contributed by atoms with E-state index in [-0.39, 0.29) is 49.6 Å². The Morgan fingerprint density at radius 1 is 0.720 bits per heavy atom. The number of halogens is 1. The number of fused-ring (bicyclic) bond motifs is 1. The van der Waals surface area contributed by atoms with Crippen LogP contribution in [0.1, 0.15) is 158 Å². The molecule has 2 unspecified atom stereocenters. The number of guanidine groups is 1. The Bertz CT molecular complexity index is 3030. The molecule has 82 heavy (non-hydrogen) atoms. The summed E-state index contributed by atoms with van der Waals surface area (Å²) >= 11 is 7.05. The first-order valence-electron chi connectivity index (χ1n) is 28.1. The number of hydrogen-bond acceptors (Lipinski definition) is 13. The molecule has 0 spiro atoms. The van der Waals surface area contributed by atoms with Gasteiger partial charge >= 0.3 is 18.2 Å². The number of esters is 1. The number of rotatable bonds is 26. The van der Waals surface area contributed by atoms with E-state index < -0.39 is 86.7 Å². The van der Waals surface area contributed by atoms with Gasteiger partial charge in [-0.25, -0.2) is 22.7 Å². The third-order valence-corrected chi connectivity index (χ3v) is 15.9. The average Bonchev–Trinajstić information content (AvgIpc) is 3.92. The van der Waals surface area contributed by atoms with Crippen LogP contribution in [0.4, 0.5) is 9.59 Å². The SMILES string of the molecule is Cc1ccc(C(OC(=O)[C@H](CCCN=C(N)NS(=O)(=O)c2c(C)c(C)c3c(c2C)OC(C)(C)C3)CC(=O)[C@H](CCCCNC(=O)OC(C)(C)C)NC(=O)C(N)CCCCNC(=O)OC(C)(C)C)(c2ccccc2)c2ccccc2Cl)cc1. The molecule has 0 saturated heterocycles. The number of nitrogens with two attached hydrogens (primary N) is 2. The van der Waals surface area contributed by atoms with Crippen LogP contribution in [-0.4, -0.2) is 92.7 Å². The van der Waals surface area contributed by atoms with Crippen LogP contribution in [-0.2, 0) is 50.6 Å². The molecule has 4 aromatic rings. The van der Waals surface area contributed by atoms with Crippen LogP contribution in [0.15, 0.2) is 88.8 Å². The lowest BCUT2D eigenvalue weighted by atomic mass is 9.79. The maximum atomic E-state index is 15.4. The van der Waals surface area contributed by atoms with Gasteiger partial charge in [-0.2, -0.15) is 0 Å². The van der Waals surface area contributed by atoms with E-state index in [1.165, 1.54) is 0 Å². The topological polar surface area (TPSA) is 269 Å². The number of unbranched alkanes of at least 4 members (excludes halogenated alkanes) is 2. The Balaban J connectivity index is 1.46. The molecule has 0 aliphatic carbocycles. The summed E-state index contributed by atoms with van der Waals surface area (Å²) in [6.45, 7) is 22.2. The van der Waals surface area contributed by atoms with E-state index in [1.807, 2.05) is 82.3 Å². The standard InChI is InChI=1S/C62H86ClN7O11S/c1-39-30-32-45(33-31-39)62(44-24-14-13-15-25-44,47-26-16-17-27-48(47)63)79-55(73)43(23-22-36-66-56(65)70-82(76,77)53-41(3)40(2)46-38-61(11,12)78-52(46)42(53)4)37-51(71)50(29-19-21-35-68-58(75)81-60(8,9)10)69-54(72)49(64)28-18-20-34-67-57(74)80-59(5,6)7/h13-17,24-27,30-33,43,49-50H,18-23,28-29,34-38,64H2,1-12H3,(H,67,74)(H,68,75)(H,69,72)(H3,65,66,70)/t43-,49?,50+,62?/m1/s1. The van der Waals surface area contributed by atoms with Crippen LogP contribution >= 0.6 is 11.6 Å². The van der Waals surface area contributed by atoms with Crippen molar-refractivity contribution in [3.63, 3.8) is 0 Å². The Morgan fingerprint density at radius 3 is 1.87 bits per heavy atom. The maximum Gasteiger partial charge on any atom is 0.407 e. The maximum absolute atomic E-state index is 15.4. The number of carbonyl (C=O) groups is 5. The van der Waals surface area contributed by atoms with Gasteiger partial charge in [0, 0.05) is 65.3 Å². The molecule has 4 aromatic carbocycles. The minimum absolute atomic E-state index is 0.00205. The molecule has 0 aromatic heterocycles. The predicted octanol–water partition coefficient (Wildman–Crippen LogP) is 9.97. The van der Waals surface area contributed by atoms with Gasteiger partial charge in [0.25, 0.3) is 10.0 Å². The van der Waals surface area contributed by atoms with Crippen molar-refractivity contribution in [1.82, 2.24) is 20.7 Å². The lowest BCUT2D eigenvalue weighted by Crippen LogP contribution is -2.49. The second-order valence-electron chi connectivity index (χ2n) is 23.8. The van der Waals surface area contributed by atoms with Crippen molar-refractivity contribution in [3.8, 4) is 5.75 Å². The molecule has 4 atom stereocenters. The third-order valence-electron chi connectivity index (χ3n) is 14.0. The van der Waals surface area contributed by atoms with Gasteiger partial charge in [0.15, 0.2) is 11.4 Å². The Morgan fingerprint density at radius 2 is 1.28 bits per heavy atom. The lowest BCUT2D eigenvalue weighted by Gasteiger charge is -2.37. The van der Waals surface area contributed by atoms with Gasteiger partial charge in [-0.05, 0) is 152 Å². The first kappa shape index (κ1) is 66.1. The number of ether oxygens (including phenoxy) is 4. The van der Waals surface area contributed by atoms with E-state index in [1.54, 1.807) is 79.7 Å². The van der Waals surface area contributed by atoms with Gasteiger partial charge in [-0.3, -0.25) is 19.4 Å². The van der Waals surface area contributed by atoms with Crippen molar-refractivity contribution < 1.29 is 51.3 Å². The molecule has 0 saturated carbocycles. The normalized spacial score (nSPS) is 15.1. The second kappa shape index (κ2) is 28.5. The zero-order chi connectivity index (χ0) is 60.8. The summed E-state index contributed by atoms with van der Waals surface area (Å²) in [6, 6.07) is 21.6. The van der Waals surface area contributed by atoms with Crippen molar-refractivity contribution in [2.75, 3.05) is 19.6 Å². The molecule has 0 fully saturated rings.